The topological polar surface area (TPSA) is 47.6 Å². The number of hydrogen-bond acceptors (Lipinski definition) is 3. The average molecular weight is 305 g/mol. The fraction of sp³-hybridized carbons (Fsp3) is 0.611. The van der Waals surface area contributed by atoms with Gasteiger partial charge in [0.2, 0.25) is 0 Å². The molecule has 2 unspecified atom stereocenters. The van der Waals surface area contributed by atoms with E-state index in [9.17, 15) is 4.79 Å². The zero-order chi connectivity index (χ0) is 16.1. The van der Waals surface area contributed by atoms with Crippen LogP contribution in [0.4, 0.5) is 5.69 Å². The Hall–Kier alpha value is -1.39. The Morgan fingerprint density at radius 3 is 2.59 bits per heavy atom. The molecule has 1 amide bonds. The molecule has 122 valence electrons. The minimum absolute atomic E-state index is 0.106. The molecule has 22 heavy (non-hydrogen) atoms. The van der Waals surface area contributed by atoms with Crippen LogP contribution >= 0.6 is 0 Å². The van der Waals surface area contributed by atoms with Crippen LogP contribution in [-0.2, 0) is 14.3 Å². The molecule has 2 atom stereocenters. The maximum atomic E-state index is 12.3. The van der Waals surface area contributed by atoms with Crippen LogP contribution in [0, 0.1) is 20.8 Å². The predicted octanol–water partition coefficient (Wildman–Crippen LogP) is 3.52. The highest BCUT2D eigenvalue weighted by Crippen LogP contribution is 2.22. The lowest BCUT2D eigenvalue weighted by molar-refractivity contribution is -0.130. The highest BCUT2D eigenvalue weighted by molar-refractivity contribution is 5.95. The van der Waals surface area contributed by atoms with Gasteiger partial charge in [-0.2, -0.15) is 0 Å². The minimum Gasteiger partial charge on any atom is -0.376 e. The Labute approximate surface area is 133 Å². The third-order valence-electron chi connectivity index (χ3n) is 4.10. The first-order valence-corrected chi connectivity index (χ1v) is 8.09. The van der Waals surface area contributed by atoms with Crippen molar-refractivity contribution in [3.05, 3.63) is 28.8 Å². The molecule has 0 radical (unpaired) electrons. The maximum absolute atomic E-state index is 12.3. The number of aryl methyl sites for hydroxylation is 3. The molecule has 1 aliphatic rings. The van der Waals surface area contributed by atoms with E-state index in [2.05, 4.69) is 24.4 Å². The van der Waals surface area contributed by atoms with Gasteiger partial charge in [0.15, 0.2) is 0 Å². The molecular formula is C18H27NO3. The smallest absolute Gasteiger partial charge is 0.253 e. The lowest BCUT2D eigenvalue weighted by atomic mass is 10.0. The minimum atomic E-state index is -0.481. The predicted molar refractivity (Wildman–Crippen MR) is 88.3 cm³/mol. The zero-order valence-corrected chi connectivity index (χ0v) is 14.1. The van der Waals surface area contributed by atoms with Crippen LogP contribution in [0.25, 0.3) is 0 Å². The Bertz CT molecular complexity index is 498. The molecule has 0 aromatic heterocycles. The first-order valence-electron chi connectivity index (χ1n) is 8.09. The van der Waals surface area contributed by atoms with E-state index in [1.165, 1.54) is 12.0 Å². The normalized spacial score (nSPS) is 19.7. The molecule has 0 bridgehead atoms. The molecule has 4 nitrogen and oxygen atoms in total. The summed E-state index contributed by atoms with van der Waals surface area (Å²) in [7, 11) is 0. The summed E-state index contributed by atoms with van der Waals surface area (Å²) in [6.45, 7) is 9.16. The average Bonchev–Trinajstić information content (AvgIpc) is 2.49. The van der Waals surface area contributed by atoms with Crippen molar-refractivity contribution < 1.29 is 14.3 Å². The molecule has 1 saturated heterocycles. The second-order valence-corrected chi connectivity index (χ2v) is 6.23. The van der Waals surface area contributed by atoms with Gasteiger partial charge in [-0.25, -0.2) is 0 Å². The number of ether oxygens (including phenoxy) is 2. The number of rotatable bonds is 5. The van der Waals surface area contributed by atoms with Crippen LogP contribution < -0.4 is 5.32 Å². The van der Waals surface area contributed by atoms with Gasteiger partial charge in [0.1, 0.15) is 6.10 Å². The van der Waals surface area contributed by atoms with Crippen molar-refractivity contribution in [2.45, 2.75) is 59.2 Å². The third kappa shape index (κ3) is 4.55. The van der Waals surface area contributed by atoms with E-state index in [0.717, 1.165) is 36.3 Å². The van der Waals surface area contributed by atoms with Gasteiger partial charge in [-0.15, -0.1) is 0 Å². The van der Waals surface area contributed by atoms with Crippen LogP contribution in [0.1, 0.15) is 42.9 Å². The largest absolute Gasteiger partial charge is 0.376 e. The number of amides is 1. The number of carbonyl (C=O) groups is 1. The number of benzene rings is 1. The summed E-state index contributed by atoms with van der Waals surface area (Å²) in [6, 6.07) is 4.15. The summed E-state index contributed by atoms with van der Waals surface area (Å²) in [5, 5.41) is 2.99. The van der Waals surface area contributed by atoms with E-state index in [0.29, 0.717) is 6.61 Å². The third-order valence-corrected chi connectivity index (χ3v) is 4.10. The molecule has 2 rings (SSSR count). The fourth-order valence-electron chi connectivity index (χ4n) is 2.87. The van der Waals surface area contributed by atoms with Crippen LogP contribution in [-0.4, -0.2) is 31.3 Å². The Kier molecular flexibility index (Phi) is 5.98. The second-order valence-electron chi connectivity index (χ2n) is 6.23. The van der Waals surface area contributed by atoms with Crippen molar-refractivity contribution >= 4 is 11.6 Å². The van der Waals surface area contributed by atoms with Crippen LogP contribution in [0.3, 0.4) is 0 Å². The van der Waals surface area contributed by atoms with E-state index in [1.54, 1.807) is 6.92 Å². The van der Waals surface area contributed by atoms with Gasteiger partial charge in [-0.1, -0.05) is 17.7 Å². The molecule has 1 heterocycles. The Morgan fingerprint density at radius 2 is 2.00 bits per heavy atom. The van der Waals surface area contributed by atoms with Crippen molar-refractivity contribution in [2.24, 2.45) is 0 Å². The van der Waals surface area contributed by atoms with Crippen molar-refractivity contribution in [2.75, 3.05) is 18.5 Å². The molecule has 4 heteroatoms. The summed E-state index contributed by atoms with van der Waals surface area (Å²) in [6.07, 6.45) is 2.97. The van der Waals surface area contributed by atoms with Crippen molar-refractivity contribution in [3.63, 3.8) is 0 Å². The van der Waals surface area contributed by atoms with Crippen molar-refractivity contribution in [1.29, 1.82) is 0 Å². The number of nitrogens with one attached hydrogen (secondary N) is 1. The standard InChI is InChI=1S/C18H27NO3/c1-12-9-13(2)17(14(3)10-12)19-18(20)15(4)22-11-16-7-5-6-8-21-16/h9-10,15-16H,5-8,11H2,1-4H3,(H,19,20). The highest BCUT2D eigenvalue weighted by atomic mass is 16.5. The van der Waals surface area contributed by atoms with Gasteiger partial charge in [0, 0.05) is 12.3 Å². The van der Waals surface area contributed by atoms with Crippen LogP contribution in [0.5, 0.6) is 0 Å². The van der Waals surface area contributed by atoms with Gasteiger partial charge in [-0.05, 0) is 58.1 Å². The number of anilines is 1. The summed E-state index contributed by atoms with van der Waals surface area (Å²) in [5.74, 6) is -0.106. The Morgan fingerprint density at radius 1 is 1.32 bits per heavy atom. The molecule has 0 spiro atoms. The van der Waals surface area contributed by atoms with Gasteiger partial charge in [-0.3, -0.25) is 4.79 Å². The van der Waals surface area contributed by atoms with Crippen molar-refractivity contribution in [1.82, 2.24) is 0 Å². The quantitative estimate of drug-likeness (QED) is 0.905. The first kappa shape index (κ1) is 17.0. The van der Waals surface area contributed by atoms with Gasteiger partial charge in [0.05, 0.1) is 12.7 Å². The fourth-order valence-corrected chi connectivity index (χ4v) is 2.87. The lowest BCUT2D eigenvalue weighted by Gasteiger charge is -2.24. The molecule has 1 aromatic rings. The molecule has 1 aliphatic heterocycles. The highest BCUT2D eigenvalue weighted by Gasteiger charge is 2.19. The van der Waals surface area contributed by atoms with Crippen LogP contribution in [0.2, 0.25) is 0 Å². The molecule has 1 aromatic carbocycles. The number of hydrogen-bond donors (Lipinski definition) is 1. The van der Waals surface area contributed by atoms with Gasteiger partial charge >= 0.3 is 0 Å². The Balaban J connectivity index is 1.88. The SMILES string of the molecule is Cc1cc(C)c(NC(=O)C(C)OCC2CCCCO2)c(C)c1. The van der Waals surface area contributed by atoms with E-state index >= 15 is 0 Å². The van der Waals surface area contributed by atoms with Gasteiger partial charge < -0.3 is 14.8 Å². The van der Waals surface area contributed by atoms with E-state index in [-0.39, 0.29) is 12.0 Å². The van der Waals surface area contributed by atoms with Crippen molar-refractivity contribution in [3.8, 4) is 0 Å². The lowest BCUT2D eigenvalue weighted by Crippen LogP contribution is -2.33. The van der Waals surface area contributed by atoms with E-state index < -0.39 is 6.10 Å². The summed E-state index contributed by atoms with van der Waals surface area (Å²) >= 11 is 0. The summed E-state index contributed by atoms with van der Waals surface area (Å²) < 4.78 is 11.3. The molecule has 0 saturated carbocycles. The first-order chi connectivity index (χ1) is 10.5. The van der Waals surface area contributed by atoms with Gasteiger partial charge in [0.25, 0.3) is 5.91 Å². The molecule has 1 N–H and O–H groups in total. The maximum Gasteiger partial charge on any atom is 0.253 e. The van der Waals surface area contributed by atoms with Crippen LogP contribution in [0.15, 0.2) is 12.1 Å². The van der Waals surface area contributed by atoms with E-state index in [1.807, 2.05) is 13.8 Å². The summed E-state index contributed by atoms with van der Waals surface area (Å²) in [4.78, 5) is 12.3. The monoisotopic (exact) mass is 305 g/mol. The molecule has 0 aliphatic carbocycles. The number of carbonyl (C=O) groups excluding carboxylic acids is 1. The van der Waals surface area contributed by atoms with E-state index in [4.69, 9.17) is 9.47 Å². The molecule has 1 fully saturated rings. The molecular weight excluding hydrogens is 278 g/mol. The second kappa shape index (κ2) is 7.75. The zero-order valence-electron chi connectivity index (χ0n) is 14.1. The summed E-state index contributed by atoms with van der Waals surface area (Å²) in [5.41, 5.74) is 4.24.